The lowest BCUT2D eigenvalue weighted by molar-refractivity contribution is 0.0518. The first-order valence-corrected chi connectivity index (χ1v) is 8.90. The van der Waals surface area contributed by atoms with E-state index in [0.29, 0.717) is 13.0 Å². The molecule has 1 heterocycles. The van der Waals surface area contributed by atoms with Gasteiger partial charge in [-0.25, -0.2) is 18.3 Å². The number of benzene rings is 1. The molecule has 28 heavy (non-hydrogen) atoms. The number of ether oxygens (including phenoxy) is 2. The minimum atomic E-state index is -2.18. The molecule has 2 aromatic rings. The van der Waals surface area contributed by atoms with E-state index >= 15 is 0 Å². The van der Waals surface area contributed by atoms with Crippen molar-refractivity contribution in [2.45, 2.75) is 46.1 Å². The van der Waals surface area contributed by atoms with Crippen molar-refractivity contribution >= 4 is 21.7 Å². The fourth-order valence-electron chi connectivity index (χ4n) is 2.41. The molecule has 0 N–H and O–H groups in total. The Morgan fingerprint density at radius 1 is 1.21 bits per heavy atom. The Labute approximate surface area is 166 Å². The van der Waals surface area contributed by atoms with Crippen molar-refractivity contribution in [3.63, 3.8) is 0 Å². The Hall–Kier alpha value is -2.31. The monoisotopic (exact) mass is 386 g/mol. The zero-order chi connectivity index (χ0) is 21.1. The second kappa shape index (κ2) is 8.37. The third-order valence-electron chi connectivity index (χ3n) is 3.92. The number of rotatable bonds is 7. The molecule has 0 fully saturated rings. The van der Waals surface area contributed by atoms with Crippen molar-refractivity contribution in [3.8, 4) is 5.88 Å². The summed E-state index contributed by atoms with van der Waals surface area (Å²) in [5, 5.41) is 2.00. The van der Waals surface area contributed by atoms with E-state index in [2.05, 4.69) is 5.10 Å². The average Bonchev–Trinajstić information content (AvgIpc) is 2.97. The van der Waals surface area contributed by atoms with Crippen LogP contribution < -0.4 is 4.74 Å². The Balaban J connectivity index is 2.38. The number of carbonyl (C=O) groups excluding carboxylic acids is 1. The maximum atomic E-state index is 14.1. The molecule has 5 nitrogen and oxygen atoms in total. The van der Waals surface area contributed by atoms with E-state index in [-0.39, 0.29) is 29.2 Å². The van der Waals surface area contributed by atoms with Crippen molar-refractivity contribution in [1.82, 2.24) is 9.78 Å². The Bertz CT molecular complexity index is 848. The minimum Gasteiger partial charge on any atom is -0.487 e. The molecule has 0 unspecified atom stereocenters. The summed E-state index contributed by atoms with van der Waals surface area (Å²) in [5.74, 6) is -2.13. The zero-order valence-electron chi connectivity index (χ0n) is 16.5. The van der Waals surface area contributed by atoms with Gasteiger partial charge in [-0.05, 0) is 37.0 Å². The summed E-state index contributed by atoms with van der Waals surface area (Å²) in [7, 11) is 11.9. The molecule has 0 aliphatic heterocycles. The van der Waals surface area contributed by atoms with Gasteiger partial charge in [-0.3, -0.25) is 0 Å². The number of hydrogen-bond acceptors (Lipinski definition) is 4. The predicted octanol–water partition coefficient (Wildman–Crippen LogP) is 3.30. The summed E-state index contributed by atoms with van der Waals surface area (Å²) in [6, 6.07) is 4.02. The average molecular weight is 386 g/mol. The van der Waals surface area contributed by atoms with Gasteiger partial charge in [0.05, 0.1) is 12.0 Å². The SMILES string of the molecule is [B]C([B])(Oc1cc(C(=O)OCC)nn1CCC(C)(C)C)c1cc(F)ccc1F. The lowest BCUT2D eigenvalue weighted by Gasteiger charge is -2.29. The molecule has 0 spiro atoms. The van der Waals surface area contributed by atoms with Gasteiger partial charge in [0.1, 0.15) is 27.3 Å². The number of aryl methyl sites for hydroxylation is 1. The summed E-state index contributed by atoms with van der Waals surface area (Å²) in [5.41, 5.74) is -0.389. The van der Waals surface area contributed by atoms with Gasteiger partial charge >= 0.3 is 5.97 Å². The van der Waals surface area contributed by atoms with Crippen LogP contribution in [0.3, 0.4) is 0 Å². The molecule has 0 aliphatic rings. The van der Waals surface area contributed by atoms with Crippen molar-refractivity contribution < 1.29 is 23.0 Å². The van der Waals surface area contributed by atoms with Crippen LogP contribution in [0, 0.1) is 17.0 Å². The number of halogens is 2. The van der Waals surface area contributed by atoms with Gasteiger partial charge in [0.15, 0.2) is 5.69 Å². The van der Waals surface area contributed by atoms with Crippen LogP contribution in [-0.2, 0) is 16.7 Å². The normalized spacial score (nSPS) is 12.1. The fraction of sp³-hybridized carbons (Fsp3) is 0.474. The van der Waals surface area contributed by atoms with Gasteiger partial charge in [0.25, 0.3) is 0 Å². The molecule has 0 atom stereocenters. The number of nitrogens with zero attached hydrogens (tertiary/aromatic N) is 2. The lowest BCUT2D eigenvalue weighted by Crippen LogP contribution is -2.36. The summed E-state index contributed by atoms with van der Waals surface area (Å²) in [4.78, 5) is 12.0. The molecule has 146 valence electrons. The third kappa shape index (κ3) is 5.59. The third-order valence-corrected chi connectivity index (χ3v) is 3.92. The molecule has 0 amide bonds. The summed E-state index contributed by atoms with van der Waals surface area (Å²) in [6.45, 7) is 8.37. The number of carbonyl (C=O) groups is 1. The Kier molecular flexibility index (Phi) is 6.57. The van der Waals surface area contributed by atoms with Crippen molar-refractivity contribution in [2.24, 2.45) is 5.41 Å². The van der Waals surface area contributed by atoms with Crippen LogP contribution in [0.25, 0.3) is 0 Å². The summed E-state index contributed by atoms with van der Waals surface area (Å²) >= 11 is 0. The molecule has 0 aliphatic carbocycles. The second-order valence-electron chi connectivity index (χ2n) is 7.64. The first kappa shape index (κ1) is 22.0. The highest BCUT2D eigenvalue weighted by Gasteiger charge is 2.29. The fourth-order valence-corrected chi connectivity index (χ4v) is 2.41. The molecule has 0 bridgehead atoms. The molecule has 9 heteroatoms. The molecular formula is C19H22B2F2N2O3. The van der Waals surface area contributed by atoms with Gasteiger partial charge in [0.2, 0.25) is 5.88 Å². The lowest BCUT2D eigenvalue weighted by atomic mass is 9.61. The van der Waals surface area contributed by atoms with E-state index < -0.39 is 23.0 Å². The first-order valence-electron chi connectivity index (χ1n) is 8.90. The van der Waals surface area contributed by atoms with E-state index in [1.807, 2.05) is 20.8 Å². The van der Waals surface area contributed by atoms with E-state index in [9.17, 15) is 13.6 Å². The molecule has 1 aromatic carbocycles. The van der Waals surface area contributed by atoms with Crippen LogP contribution in [0.5, 0.6) is 5.88 Å². The summed E-state index contributed by atoms with van der Waals surface area (Å²) in [6.07, 6.45) is 0.698. The van der Waals surface area contributed by atoms with E-state index in [1.165, 1.54) is 10.7 Å². The topological polar surface area (TPSA) is 53.4 Å². The van der Waals surface area contributed by atoms with Crippen LogP contribution in [0.4, 0.5) is 8.78 Å². The largest absolute Gasteiger partial charge is 0.487 e. The maximum Gasteiger partial charge on any atom is 0.358 e. The molecule has 0 saturated carbocycles. The van der Waals surface area contributed by atoms with Crippen LogP contribution >= 0.6 is 0 Å². The number of aromatic nitrogens is 2. The Morgan fingerprint density at radius 3 is 2.50 bits per heavy atom. The number of esters is 1. The minimum absolute atomic E-state index is 0.00118. The van der Waals surface area contributed by atoms with Gasteiger partial charge in [-0.1, -0.05) is 20.8 Å². The van der Waals surface area contributed by atoms with Crippen LogP contribution in [0.2, 0.25) is 0 Å². The molecule has 1 aromatic heterocycles. The maximum absolute atomic E-state index is 14.1. The first-order chi connectivity index (χ1) is 12.9. The highest BCUT2D eigenvalue weighted by molar-refractivity contribution is 6.39. The zero-order valence-corrected chi connectivity index (χ0v) is 16.5. The van der Waals surface area contributed by atoms with E-state index in [0.717, 1.165) is 18.2 Å². The van der Waals surface area contributed by atoms with Gasteiger partial charge < -0.3 is 9.47 Å². The molecule has 0 saturated heterocycles. The van der Waals surface area contributed by atoms with Crippen molar-refractivity contribution in [1.29, 1.82) is 0 Å². The quantitative estimate of drug-likeness (QED) is 0.542. The van der Waals surface area contributed by atoms with Crippen molar-refractivity contribution in [3.05, 3.63) is 47.2 Å². The van der Waals surface area contributed by atoms with Crippen LogP contribution in [-0.4, -0.2) is 38.0 Å². The van der Waals surface area contributed by atoms with Gasteiger partial charge in [-0.2, -0.15) is 5.10 Å². The van der Waals surface area contributed by atoms with E-state index in [1.54, 1.807) is 6.92 Å². The molecular weight excluding hydrogens is 364 g/mol. The van der Waals surface area contributed by atoms with Crippen LogP contribution in [0.1, 0.15) is 50.2 Å². The summed E-state index contributed by atoms with van der Waals surface area (Å²) < 4.78 is 39.6. The van der Waals surface area contributed by atoms with Gasteiger partial charge in [0, 0.05) is 18.2 Å². The molecule has 4 radical (unpaired) electrons. The van der Waals surface area contributed by atoms with Gasteiger partial charge in [-0.15, -0.1) is 0 Å². The standard InChI is InChI=1S/C19H22B2F2N2O3/c1-5-27-17(26)15-11-16(25(24-15)9-8-18(2,3)4)28-19(20,21)13-10-12(22)6-7-14(13)23/h6-7,10-11H,5,8-9H2,1-4H3. The smallest absolute Gasteiger partial charge is 0.358 e. The highest BCUT2D eigenvalue weighted by Crippen LogP contribution is 2.28. The molecule has 2 rings (SSSR count). The highest BCUT2D eigenvalue weighted by atomic mass is 19.1. The van der Waals surface area contributed by atoms with Crippen molar-refractivity contribution in [2.75, 3.05) is 6.61 Å². The second-order valence-corrected chi connectivity index (χ2v) is 7.64. The van der Waals surface area contributed by atoms with Crippen LogP contribution in [0.15, 0.2) is 24.3 Å². The number of hydrogen-bond donors (Lipinski definition) is 0. The predicted molar refractivity (Wildman–Crippen MR) is 102 cm³/mol. The Morgan fingerprint density at radius 2 is 1.89 bits per heavy atom. The van der Waals surface area contributed by atoms with E-state index in [4.69, 9.17) is 25.2 Å².